The third-order valence-electron chi connectivity index (χ3n) is 4.10. The molecule has 0 aliphatic carbocycles. The number of benzene rings is 1. The van der Waals surface area contributed by atoms with Crippen molar-refractivity contribution in [3.05, 3.63) is 64.0 Å². The summed E-state index contributed by atoms with van der Waals surface area (Å²) in [6.45, 7) is 5.10. The third-order valence-corrected chi connectivity index (χ3v) is 5.11. The second-order valence-electron chi connectivity index (χ2n) is 5.80. The van der Waals surface area contributed by atoms with Gasteiger partial charge in [-0.3, -0.25) is 9.88 Å². The van der Waals surface area contributed by atoms with Crippen LogP contribution in [0.2, 0.25) is 0 Å². The van der Waals surface area contributed by atoms with E-state index < -0.39 is 0 Å². The minimum atomic E-state index is 0.233. The molecule has 120 valence electrons. The van der Waals surface area contributed by atoms with Crippen molar-refractivity contribution in [2.24, 2.45) is 0 Å². The molecule has 0 atom stereocenters. The van der Waals surface area contributed by atoms with Crippen molar-refractivity contribution in [1.29, 1.82) is 0 Å². The second kappa shape index (κ2) is 7.68. The number of hydrogen-bond acceptors (Lipinski definition) is 4. The molecule has 0 saturated carbocycles. The predicted octanol–water partition coefficient (Wildman–Crippen LogP) is 3.99. The van der Waals surface area contributed by atoms with Gasteiger partial charge in [0.25, 0.3) is 0 Å². The maximum absolute atomic E-state index is 9.20. The Morgan fingerprint density at radius 2 is 2.00 bits per heavy atom. The molecule has 1 aromatic carbocycles. The fraction of sp³-hybridized carbons (Fsp3) is 0.316. The van der Waals surface area contributed by atoms with Gasteiger partial charge in [-0.1, -0.05) is 18.2 Å². The smallest absolute Gasteiger partial charge is 0.0705 e. The second-order valence-corrected chi connectivity index (χ2v) is 6.80. The van der Waals surface area contributed by atoms with Crippen LogP contribution in [0, 0.1) is 6.92 Å². The van der Waals surface area contributed by atoms with Gasteiger partial charge in [-0.2, -0.15) is 0 Å². The highest BCUT2D eigenvalue weighted by molar-refractivity contribution is 7.10. The number of nitrogens with zero attached hydrogens (tertiary/aromatic N) is 2. The summed E-state index contributed by atoms with van der Waals surface area (Å²) in [5.41, 5.74) is 3.69. The van der Waals surface area contributed by atoms with Crippen LogP contribution in [0.1, 0.15) is 22.4 Å². The average Bonchev–Trinajstić information content (AvgIpc) is 2.98. The molecular weight excluding hydrogens is 304 g/mol. The van der Waals surface area contributed by atoms with Gasteiger partial charge in [0.05, 0.1) is 5.52 Å². The van der Waals surface area contributed by atoms with Crippen molar-refractivity contribution >= 4 is 22.2 Å². The molecule has 3 rings (SSSR count). The van der Waals surface area contributed by atoms with Crippen molar-refractivity contribution in [2.45, 2.75) is 26.4 Å². The Bertz CT molecular complexity index is 763. The zero-order chi connectivity index (χ0) is 16.1. The molecule has 1 N–H and O–H groups in total. The topological polar surface area (TPSA) is 36.4 Å². The van der Waals surface area contributed by atoms with Gasteiger partial charge in [0.1, 0.15) is 0 Å². The van der Waals surface area contributed by atoms with E-state index in [2.05, 4.69) is 52.5 Å². The fourth-order valence-corrected chi connectivity index (χ4v) is 3.76. The van der Waals surface area contributed by atoms with Crippen LogP contribution in [0.5, 0.6) is 0 Å². The van der Waals surface area contributed by atoms with Gasteiger partial charge < -0.3 is 5.11 Å². The fourth-order valence-electron chi connectivity index (χ4n) is 2.81. The van der Waals surface area contributed by atoms with Crippen LogP contribution < -0.4 is 0 Å². The number of rotatable bonds is 7. The van der Waals surface area contributed by atoms with Gasteiger partial charge in [-0.25, -0.2) is 0 Å². The molecule has 0 bridgehead atoms. The average molecular weight is 326 g/mol. The van der Waals surface area contributed by atoms with Crippen LogP contribution in [0.4, 0.5) is 0 Å². The Balaban J connectivity index is 1.83. The number of thiophene rings is 1. The first kappa shape index (κ1) is 16.1. The van der Waals surface area contributed by atoms with Gasteiger partial charge in [-0.15, -0.1) is 11.3 Å². The van der Waals surface area contributed by atoms with E-state index in [1.54, 1.807) is 0 Å². The molecule has 0 fully saturated rings. The highest BCUT2D eigenvalue weighted by Crippen LogP contribution is 2.22. The summed E-state index contributed by atoms with van der Waals surface area (Å²) in [5.74, 6) is 0. The normalized spacial score (nSPS) is 11.4. The number of aliphatic hydroxyl groups excluding tert-OH is 1. The van der Waals surface area contributed by atoms with E-state index >= 15 is 0 Å². The lowest BCUT2D eigenvalue weighted by atomic mass is 10.1. The number of aromatic nitrogens is 1. The zero-order valence-electron chi connectivity index (χ0n) is 13.4. The van der Waals surface area contributed by atoms with Crippen LogP contribution in [-0.2, 0) is 13.1 Å². The van der Waals surface area contributed by atoms with Crippen molar-refractivity contribution in [3.63, 3.8) is 0 Å². The summed E-state index contributed by atoms with van der Waals surface area (Å²) in [5, 5.41) is 12.6. The van der Waals surface area contributed by atoms with Crippen molar-refractivity contribution in [2.75, 3.05) is 13.2 Å². The zero-order valence-corrected chi connectivity index (χ0v) is 14.2. The van der Waals surface area contributed by atoms with E-state index in [9.17, 15) is 5.11 Å². The van der Waals surface area contributed by atoms with Gasteiger partial charge in [0, 0.05) is 42.7 Å². The van der Waals surface area contributed by atoms with Gasteiger partial charge in [0.2, 0.25) is 0 Å². The quantitative estimate of drug-likeness (QED) is 0.713. The molecule has 0 spiro atoms. The summed E-state index contributed by atoms with van der Waals surface area (Å²) in [6, 6.07) is 12.6. The minimum Gasteiger partial charge on any atom is -0.396 e. The van der Waals surface area contributed by atoms with Crippen molar-refractivity contribution in [1.82, 2.24) is 9.88 Å². The lowest BCUT2D eigenvalue weighted by molar-refractivity contribution is 0.214. The van der Waals surface area contributed by atoms with Crippen LogP contribution in [0.3, 0.4) is 0 Å². The number of aliphatic hydroxyl groups is 1. The van der Waals surface area contributed by atoms with Gasteiger partial charge in [0.15, 0.2) is 0 Å². The van der Waals surface area contributed by atoms with Crippen LogP contribution in [0.25, 0.3) is 10.9 Å². The molecule has 4 heteroatoms. The molecular formula is C19H22N2OS. The largest absolute Gasteiger partial charge is 0.396 e. The van der Waals surface area contributed by atoms with E-state index in [-0.39, 0.29) is 6.61 Å². The van der Waals surface area contributed by atoms with Gasteiger partial charge in [-0.05, 0) is 48.1 Å². The van der Waals surface area contributed by atoms with Crippen LogP contribution in [-0.4, -0.2) is 28.1 Å². The Kier molecular flexibility index (Phi) is 5.39. The van der Waals surface area contributed by atoms with Crippen molar-refractivity contribution in [3.8, 4) is 0 Å². The monoisotopic (exact) mass is 326 g/mol. The molecule has 23 heavy (non-hydrogen) atoms. The van der Waals surface area contributed by atoms with Crippen LogP contribution >= 0.6 is 11.3 Å². The standard InChI is InChI=1S/C19H22N2OS/c1-15-8-12-23-19(15)14-21(10-4-11-22)13-16-7-9-20-18-6-3-2-5-17(16)18/h2-3,5-9,12,22H,4,10-11,13-14H2,1H3. The Morgan fingerprint density at radius 3 is 2.78 bits per heavy atom. The predicted molar refractivity (Wildman–Crippen MR) is 96.6 cm³/mol. The third kappa shape index (κ3) is 3.96. The first-order chi connectivity index (χ1) is 11.3. The summed E-state index contributed by atoms with van der Waals surface area (Å²) in [6.07, 6.45) is 2.69. The Labute approximate surface area is 141 Å². The maximum atomic E-state index is 9.20. The van der Waals surface area contributed by atoms with Crippen molar-refractivity contribution < 1.29 is 5.11 Å². The molecule has 0 aliphatic heterocycles. The molecule has 3 aromatic rings. The lowest BCUT2D eigenvalue weighted by Gasteiger charge is -2.22. The van der Waals surface area contributed by atoms with E-state index in [4.69, 9.17) is 0 Å². The van der Waals surface area contributed by atoms with E-state index in [0.29, 0.717) is 0 Å². The molecule has 0 saturated heterocycles. The molecule has 0 radical (unpaired) electrons. The number of fused-ring (bicyclic) bond motifs is 1. The maximum Gasteiger partial charge on any atom is 0.0705 e. The highest BCUT2D eigenvalue weighted by Gasteiger charge is 2.11. The number of hydrogen-bond donors (Lipinski definition) is 1. The minimum absolute atomic E-state index is 0.233. The Hall–Kier alpha value is -1.75. The molecule has 2 heterocycles. The van der Waals surface area contributed by atoms with E-state index in [1.807, 2.05) is 23.6 Å². The molecule has 0 aliphatic rings. The molecule has 3 nitrogen and oxygen atoms in total. The lowest BCUT2D eigenvalue weighted by Crippen LogP contribution is -2.24. The van der Waals surface area contributed by atoms with E-state index in [0.717, 1.165) is 31.6 Å². The highest BCUT2D eigenvalue weighted by atomic mass is 32.1. The first-order valence-electron chi connectivity index (χ1n) is 7.97. The van der Waals surface area contributed by atoms with Gasteiger partial charge >= 0.3 is 0 Å². The molecule has 2 aromatic heterocycles. The number of aryl methyl sites for hydroxylation is 1. The number of pyridine rings is 1. The number of para-hydroxylation sites is 1. The summed E-state index contributed by atoms with van der Waals surface area (Å²) < 4.78 is 0. The van der Waals surface area contributed by atoms with E-state index in [1.165, 1.54) is 21.4 Å². The summed E-state index contributed by atoms with van der Waals surface area (Å²) >= 11 is 1.81. The Morgan fingerprint density at radius 1 is 1.13 bits per heavy atom. The first-order valence-corrected chi connectivity index (χ1v) is 8.84. The SMILES string of the molecule is Cc1ccsc1CN(CCCO)Cc1ccnc2ccccc12. The van der Waals surface area contributed by atoms with Crippen LogP contribution in [0.15, 0.2) is 48.0 Å². The molecule has 0 unspecified atom stereocenters. The summed E-state index contributed by atoms with van der Waals surface area (Å²) in [4.78, 5) is 8.26. The molecule has 0 amide bonds. The summed E-state index contributed by atoms with van der Waals surface area (Å²) in [7, 11) is 0.